The number of nitrogens with one attached hydrogen (secondary N) is 1. The van der Waals surface area contributed by atoms with Gasteiger partial charge in [-0.05, 0) is 42.3 Å². The van der Waals surface area contributed by atoms with Gasteiger partial charge in [-0.3, -0.25) is 4.79 Å². The van der Waals surface area contributed by atoms with Crippen molar-refractivity contribution in [2.24, 2.45) is 0 Å². The Morgan fingerprint density at radius 2 is 2.03 bits per heavy atom. The number of nitrogen functional groups attached to an aromatic ring is 1. The summed E-state index contributed by atoms with van der Waals surface area (Å²) in [6.45, 7) is 1.70. The molecule has 0 radical (unpaired) electrons. The summed E-state index contributed by atoms with van der Waals surface area (Å²) >= 11 is 6.11. The number of hydrogen-bond donors (Lipinski definition) is 3. The maximum atomic E-state index is 13.8. The van der Waals surface area contributed by atoms with Gasteiger partial charge in [-0.1, -0.05) is 29.8 Å². The van der Waals surface area contributed by atoms with Crippen LogP contribution in [-0.2, 0) is 16.6 Å². The van der Waals surface area contributed by atoms with Gasteiger partial charge in [0.25, 0.3) is 0 Å². The highest BCUT2D eigenvalue weighted by Crippen LogP contribution is 2.46. The molecule has 2 aromatic carbocycles. The monoisotopic (exact) mass is 515 g/mol. The molecule has 1 aliphatic heterocycles. The Morgan fingerprint density at radius 1 is 1.19 bits per heavy atom. The smallest absolute Gasteiger partial charge is 0.240 e. The van der Waals surface area contributed by atoms with E-state index in [2.05, 4.69) is 20.3 Å². The van der Waals surface area contributed by atoms with Crippen LogP contribution >= 0.6 is 11.6 Å². The molecule has 0 spiro atoms. The van der Waals surface area contributed by atoms with Gasteiger partial charge in [-0.15, -0.1) is 0 Å². The van der Waals surface area contributed by atoms with E-state index in [1.165, 1.54) is 24.3 Å². The van der Waals surface area contributed by atoms with Crippen LogP contribution in [0, 0.1) is 5.82 Å². The summed E-state index contributed by atoms with van der Waals surface area (Å²) in [4.78, 5) is 31.4. The van der Waals surface area contributed by atoms with Crippen molar-refractivity contribution < 1.29 is 14.3 Å². The number of phenols is 1. The number of anilines is 2. The van der Waals surface area contributed by atoms with Crippen LogP contribution in [0.4, 0.5) is 16.0 Å². The number of rotatable bonds is 4. The molecule has 4 N–H and O–H groups in total. The van der Waals surface area contributed by atoms with Gasteiger partial charge in [0.1, 0.15) is 34.3 Å². The molecule has 37 heavy (non-hydrogen) atoms. The molecule has 6 rings (SSSR count). The Hall–Kier alpha value is -4.57. The lowest BCUT2D eigenvalue weighted by Crippen LogP contribution is -2.33. The highest BCUT2D eigenvalue weighted by molar-refractivity contribution is 6.32. The molecule has 0 fully saturated rings. The number of aromatic nitrogens is 5. The highest BCUT2D eigenvalue weighted by atomic mass is 35.5. The van der Waals surface area contributed by atoms with Crippen molar-refractivity contribution >= 4 is 34.8 Å². The molecule has 1 amide bonds. The quantitative estimate of drug-likeness (QED) is 0.328. The van der Waals surface area contributed by atoms with E-state index in [4.69, 9.17) is 22.3 Å². The lowest BCUT2D eigenvalue weighted by molar-refractivity contribution is -0.119. The van der Waals surface area contributed by atoms with Crippen LogP contribution in [-0.4, -0.2) is 35.4 Å². The largest absolute Gasteiger partial charge is 0.506 e. The molecule has 1 atom stereocenters. The topological polar surface area (TPSA) is 131 Å². The molecule has 3 aromatic heterocycles. The summed E-state index contributed by atoms with van der Waals surface area (Å²) in [6, 6.07) is 10.8. The predicted octanol–water partition coefficient (Wildman–Crippen LogP) is 4.12. The van der Waals surface area contributed by atoms with Gasteiger partial charge < -0.3 is 20.6 Å². The second-order valence-electron chi connectivity index (χ2n) is 8.94. The van der Waals surface area contributed by atoms with Crippen LogP contribution in [0.5, 0.6) is 5.75 Å². The van der Waals surface area contributed by atoms with Crippen molar-refractivity contribution in [3.05, 3.63) is 94.3 Å². The molecular weight excluding hydrogens is 497 g/mol. The van der Waals surface area contributed by atoms with Crippen molar-refractivity contribution in [1.29, 1.82) is 0 Å². The number of nitrogens with zero attached hydrogens (tertiary/aromatic N) is 5. The number of benzene rings is 2. The first kappa shape index (κ1) is 22.9. The molecular formula is C26H19ClFN7O2. The second kappa shape index (κ2) is 8.24. The SMILES string of the molecule is CC1(c2ccc(O)c(Cl)c2)C(=O)Nc2nc(-c3cn4ccnc4c(Cc4cccc(F)c4)n3)nc(N)c21. The van der Waals surface area contributed by atoms with Crippen LogP contribution in [0.25, 0.3) is 17.2 Å². The maximum absolute atomic E-state index is 13.8. The van der Waals surface area contributed by atoms with Crippen molar-refractivity contribution in [3.8, 4) is 17.3 Å². The number of nitrogens with two attached hydrogens (primary N) is 1. The summed E-state index contributed by atoms with van der Waals surface area (Å²) in [5.74, 6) is -0.214. The third-order valence-corrected chi connectivity index (χ3v) is 6.88. The van der Waals surface area contributed by atoms with Crippen molar-refractivity contribution in [2.75, 3.05) is 11.1 Å². The molecule has 4 heterocycles. The van der Waals surface area contributed by atoms with E-state index in [0.29, 0.717) is 34.6 Å². The Morgan fingerprint density at radius 3 is 2.81 bits per heavy atom. The van der Waals surface area contributed by atoms with Gasteiger partial charge in [0.15, 0.2) is 11.5 Å². The third-order valence-electron chi connectivity index (χ3n) is 6.58. The summed E-state index contributed by atoms with van der Waals surface area (Å²) in [5, 5.41) is 12.7. The number of phenolic OH excluding ortho intramolecular Hbond substituents is 1. The standard InChI is InChI=1S/C26H19ClFN7O2/c1-26(14-5-6-19(36)16(27)11-14)20-21(29)32-22(33-23(20)34-25(26)37)18-12-35-8-7-30-24(35)17(31-18)10-13-3-2-4-15(28)9-13/h2-9,11-12,36H,10H2,1H3,(H3,29,32,33,34,37). The lowest BCUT2D eigenvalue weighted by Gasteiger charge is -2.23. The zero-order valence-corrected chi connectivity index (χ0v) is 20.2. The molecule has 0 aliphatic carbocycles. The minimum Gasteiger partial charge on any atom is -0.506 e. The summed E-state index contributed by atoms with van der Waals surface area (Å²) in [6.07, 6.45) is 5.46. The van der Waals surface area contributed by atoms with Crippen LogP contribution in [0.3, 0.4) is 0 Å². The molecule has 5 aromatic rings. The third kappa shape index (κ3) is 3.64. The van der Waals surface area contributed by atoms with E-state index >= 15 is 0 Å². The van der Waals surface area contributed by atoms with Crippen molar-refractivity contribution in [2.45, 2.75) is 18.8 Å². The van der Waals surface area contributed by atoms with Gasteiger partial charge in [0.05, 0.1) is 16.3 Å². The summed E-state index contributed by atoms with van der Waals surface area (Å²) in [5.41, 5.74) is 8.49. The number of carbonyl (C=O) groups excluding carboxylic acids is 1. The minimum absolute atomic E-state index is 0.0952. The molecule has 11 heteroatoms. The van der Waals surface area contributed by atoms with Crippen LogP contribution in [0.2, 0.25) is 5.02 Å². The fraction of sp³-hybridized carbons (Fsp3) is 0.115. The Bertz CT molecular complexity index is 1740. The van der Waals surface area contributed by atoms with E-state index < -0.39 is 5.41 Å². The van der Waals surface area contributed by atoms with E-state index in [1.54, 1.807) is 42.0 Å². The van der Waals surface area contributed by atoms with Gasteiger partial charge in [-0.2, -0.15) is 0 Å². The highest BCUT2D eigenvalue weighted by Gasteiger charge is 2.47. The van der Waals surface area contributed by atoms with Gasteiger partial charge >= 0.3 is 0 Å². The lowest BCUT2D eigenvalue weighted by atomic mass is 9.77. The Labute approximate surface area is 214 Å². The van der Waals surface area contributed by atoms with Crippen LogP contribution in [0.15, 0.2) is 61.1 Å². The number of hydrogen-bond acceptors (Lipinski definition) is 7. The molecule has 1 unspecified atom stereocenters. The van der Waals surface area contributed by atoms with Crippen molar-refractivity contribution in [1.82, 2.24) is 24.3 Å². The Kier molecular flexibility index (Phi) is 5.09. The van der Waals surface area contributed by atoms with E-state index in [0.717, 1.165) is 5.56 Å². The van der Waals surface area contributed by atoms with E-state index in [-0.39, 0.29) is 40.0 Å². The van der Waals surface area contributed by atoms with Gasteiger partial charge in [-0.25, -0.2) is 24.3 Å². The van der Waals surface area contributed by atoms with Gasteiger partial charge in [0.2, 0.25) is 5.91 Å². The predicted molar refractivity (Wildman–Crippen MR) is 136 cm³/mol. The fourth-order valence-corrected chi connectivity index (χ4v) is 4.86. The van der Waals surface area contributed by atoms with Crippen molar-refractivity contribution in [3.63, 3.8) is 0 Å². The number of amides is 1. The average Bonchev–Trinajstić information content (AvgIpc) is 3.44. The van der Waals surface area contributed by atoms with E-state index in [1.807, 2.05) is 6.07 Å². The average molecular weight is 516 g/mol. The van der Waals surface area contributed by atoms with E-state index in [9.17, 15) is 14.3 Å². The number of carbonyl (C=O) groups is 1. The zero-order valence-electron chi connectivity index (χ0n) is 19.4. The van der Waals surface area contributed by atoms with Crippen LogP contribution in [0.1, 0.15) is 29.3 Å². The number of fused-ring (bicyclic) bond motifs is 2. The number of aromatic hydroxyl groups is 1. The normalized spacial score (nSPS) is 16.7. The first-order chi connectivity index (χ1) is 17.7. The molecule has 184 valence electrons. The summed E-state index contributed by atoms with van der Waals surface area (Å²) in [7, 11) is 0. The summed E-state index contributed by atoms with van der Waals surface area (Å²) < 4.78 is 15.6. The molecule has 0 saturated carbocycles. The first-order valence-electron chi connectivity index (χ1n) is 11.3. The first-order valence-corrected chi connectivity index (χ1v) is 11.7. The fourth-order valence-electron chi connectivity index (χ4n) is 4.68. The maximum Gasteiger partial charge on any atom is 0.240 e. The molecule has 9 nitrogen and oxygen atoms in total. The van der Waals surface area contributed by atoms with Crippen LogP contribution < -0.4 is 11.1 Å². The van der Waals surface area contributed by atoms with Gasteiger partial charge in [0, 0.05) is 25.0 Å². The Balaban J connectivity index is 1.46. The minimum atomic E-state index is -1.22. The molecule has 1 aliphatic rings. The zero-order chi connectivity index (χ0) is 25.9. The number of imidazole rings is 1. The number of halogens is 2. The molecule has 0 bridgehead atoms. The molecule has 0 saturated heterocycles. The second-order valence-corrected chi connectivity index (χ2v) is 9.35.